The minimum absolute atomic E-state index is 0.0331. The van der Waals surface area contributed by atoms with E-state index in [1.165, 1.54) is 6.92 Å². The molecule has 0 atom stereocenters. The summed E-state index contributed by atoms with van der Waals surface area (Å²) in [6.07, 6.45) is 2.13. The number of nitrogens with zero attached hydrogens (tertiary/aromatic N) is 1. The molecule has 0 aromatic carbocycles. The molecule has 1 aliphatic rings. The van der Waals surface area contributed by atoms with Crippen LogP contribution in [0.4, 0.5) is 0 Å². The van der Waals surface area contributed by atoms with E-state index in [0.29, 0.717) is 19.5 Å². The van der Waals surface area contributed by atoms with E-state index < -0.39 is 0 Å². The average Bonchev–Trinajstić information content (AvgIpc) is 2.35. The molecule has 0 saturated carbocycles. The normalized spacial score (nSPS) is 16.9. The van der Waals surface area contributed by atoms with Crippen molar-refractivity contribution in [1.82, 2.24) is 10.2 Å². The highest BCUT2D eigenvalue weighted by Crippen LogP contribution is 2.21. The van der Waals surface area contributed by atoms with Gasteiger partial charge in [0.2, 0.25) is 11.8 Å². The van der Waals surface area contributed by atoms with Gasteiger partial charge in [0.05, 0.1) is 0 Å². The van der Waals surface area contributed by atoms with E-state index in [-0.39, 0.29) is 35.5 Å². The zero-order chi connectivity index (χ0) is 15.3. The van der Waals surface area contributed by atoms with Gasteiger partial charge in [0.15, 0.2) is 0 Å². The van der Waals surface area contributed by atoms with E-state index in [1.807, 2.05) is 25.7 Å². The molecule has 0 aliphatic carbocycles. The van der Waals surface area contributed by atoms with E-state index in [2.05, 4.69) is 5.32 Å². The molecule has 2 amide bonds. The van der Waals surface area contributed by atoms with Crippen molar-refractivity contribution >= 4 is 17.6 Å². The monoisotopic (exact) mass is 282 g/mol. The number of carbonyl (C=O) groups is 3. The summed E-state index contributed by atoms with van der Waals surface area (Å²) in [6.45, 7) is 8.63. The molecule has 1 N–H and O–H groups in total. The Morgan fingerprint density at radius 1 is 1.10 bits per heavy atom. The number of hydrogen-bond donors (Lipinski definition) is 1. The summed E-state index contributed by atoms with van der Waals surface area (Å²) in [7, 11) is 0. The second-order valence-electron chi connectivity index (χ2n) is 6.59. The highest BCUT2D eigenvalue weighted by Gasteiger charge is 2.30. The van der Waals surface area contributed by atoms with Crippen LogP contribution in [0.3, 0.4) is 0 Å². The standard InChI is InChI=1S/C15H26N2O3/c1-11(18)5-6-13(19)16-12-7-9-17(10-8-12)14(20)15(2,3)4/h12H,5-10H2,1-4H3,(H,16,19). The number of Topliss-reactive ketones (excluding diaryl/α,β-unsaturated/α-hetero) is 1. The van der Waals surface area contributed by atoms with Gasteiger partial charge in [-0.25, -0.2) is 0 Å². The van der Waals surface area contributed by atoms with Gasteiger partial charge in [-0.2, -0.15) is 0 Å². The fourth-order valence-electron chi connectivity index (χ4n) is 2.29. The molecular weight excluding hydrogens is 256 g/mol. The number of carbonyl (C=O) groups excluding carboxylic acids is 3. The third-order valence-corrected chi connectivity index (χ3v) is 3.49. The Kier molecular flexibility index (Phi) is 5.72. The van der Waals surface area contributed by atoms with Gasteiger partial charge >= 0.3 is 0 Å². The molecule has 0 aromatic heterocycles. The number of likely N-dealkylation sites (tertiary alicyclic amines) is 1. The summed E-state index contributed by atoms with van der Waals surface area (Å²) in [5.74, 6) is 0.130. The first-order valence-corrected chi connectivity index (χ1v) is 7.28. The number of nitrogens with one attached hydrogen (secondary N) is 1. The number of ketones is 1. The van der Waals surface area contributed by atoms with Crippen LogP contribution in [0.25, 0.3) is 0 Å². The average molecular weight is 282 g/mol. The van der Waals surface area contributed by atoms with Gasteiger partial charge < -0.3 is 15.0 Å². The third-order valence-electron chi connectivity index (χ3n) is 3.49. The molecule has 1 aliphatic heterocycles. The Hall–Kier alpha value is -1.39. The second kappa shape index (κ2) is 6.86. The number of rotatable bonds is 4. The molecule has 1 heterocycles. The van der Waals surface area contributed by atoms with Crippen LogP contribution in [0.2, 0.25) is 0 Å². The number of piperidine rings is 1. The van der Waals surface area contributed by atoms with E-state index in [1.54, 1.807) is 0 Å². The summed E-state index contributed by atoms with van der Waals surface area (Å²) < 4.78 is 0. The van der Waals surface area contributed by atoms with Gasteiger partial charge in [0.25, 0.3) is 0 Å². The van der Waals surface area contributed by atoms with Gasteiger partial charge in [-0.1, -0.05) is 20.8 Å². The molecule has 0 spiro atoms. The summed E-state index contributed by atoms with van der Waals surface area (Å²) in [4.78, 5) is 36.5. The van der Waals surface area contributed by atoms with Crippen molar-refractivity contribution in [3.05, 3.63) is 0 Å². The van der Waals surface area contributed by atoms with Crippen LogP contribution in [0, 0.1) is 5.41 Å². The van der Waals surface area contributed by atoms with Gasteiger partial charge in [0.1, 0.15) is 5.78 Å². The third kappa shape index (κ3) is 5.31. The summed E-state index contributed by atoms with van der Waals surface area (Å²) in [5.41, 5.74) is -0.350. The first-order chi connectivity index (χ1) is 9.20. The Morgan fingerprint density at radius 2 is 1.65 bits per heavy atom. The maximum absolute atomic E-state index is 12.1. The second-order valence-corrected chi connectivity index (χ2v) is 6.59. The van der Waals surface area contributed by atoms with Gasteiger partial charge in [0, 0.05) is 37.4 Å². The molecule has 0 bridgehead atoms. The van der Waals surface area contributed by atoms with Gasteiger partial charge in [-0.15, -0.1) is 0 Å². The van der Waals surface area contributed by atoms with Crippen LogP contribution < -0.4 is 5.32 Å². The van der Waals surface area contributed by atoms with E-state index in [0.717, 1.165) is 12.8 Å². The molecule has 0 unspecified atom stereocenters. The summed E-state index contributed by atoms with van der Waals surface area (Å²) in [6, 6.07) is 0.124. The number of amides is 2. The Balaban J connectivity index is 2.34. The molecule has 114 valence electrons. The largest absolute Gasteiger partial charge is 0.353 e. The molecule has 5 nitrogen and oxygen atoms in total. The van der Waals surface area contributed by atoms with E-state index in [9.17, 15) is 14.4 Å². The van der Waals surface area contributed by atoms with E-state index in [4.69, 9.17) is 0 Å². The van der Waals surface area contributed by atoms with Crippen molar-refractivity contribution < 1.29 is 14.4 Å². The van der Waals surface area contributed by atoms with Crippen LogP contribution in [-0.2, 0) is 14.4 Å². The predicted octanol–water partition coefficient (Wildman–Crippen LogP) is 1.51. The highest BCUT2D eigenvalue weighted by molar-refractivity contribution is 5.84. The molecule has 0 radical (unpaired) electrons. The summed E-state index contributed by atoms with van der Waals surface area (Å²) >= 11 is 0. The van der Waals surface area contributed by atoms with Crippen LogP contribution in [-0.4, -0.2) is 41.6 Å². The molecule has 5 heteroatoms. The predicted molar refractivity (Wildman–Crippen MR) is 77.1 cm³/mol. The first kappa shape index (κ1) is 16.7. The highest BCUT2D eigenvalue weighted by atomic mass is 16.2. The van der Waals surface area contributed by atoms with Crippen LogP contribution in [0.5, 0.6) is 0 Å². The molecule has 1 rings (SSSR count). The van der Waals surface area contributed by atoms with Crippen LogP contribution in [0.1, 0.15) is 53.4 Å². The maximum atomic E-state index is 12.1. The zero-order valence-corrected chi connectivity index (χ0v) is 13.0. The Labute approximate surface area is 121 Å². The molecule has 1 saturated heterocycles. The lowest BCUT2D eigenvalue weighted by molar-refractivity contribution is -0.140. The lowest BCUT2D eigenvalue weighted by Crippen LogP contribution is -2.49. The van der Waals surface area contributed by atoms with Crippen molar-refractivity contribution in [2.24, 2.45) is 5.41 Å². The van der Waals surface area contributed by atoms with Crippen molar-refractivity contribution in [2.45, 2.75) is 59.4 Å². The van der Waals surface area contributed by atoms with E-state index >= 15 is 0 Å². The quantitative estimate of drug-likeness (QED) is 0.850. The molecule has 20 heavy (non-hydrogen) atoms. The molecule has 0 aromatic rings. The minimum atomic E-state index is -0.350. The van der Waals surface area contributed by atoms with Crippen molar-refractivity contribution in [1.29, 1.82) is 0 Å². The lowest BCUT2D eigenvalue weighted by atomic mass is 9.93. The minimum Gasteiger partial charge on any atom is -0.353 e. The molecular formula is C15H26N2O3. The lowest BCUT2D eigenvalue weighted by Gasteiger charge is -2.36. The smallest absolute Gasteiger partial charge is 0.227 e. The van der Waals surface area contributed by atoms with Gasteiger partial charge in [-0.05, 0) is 19.8 Å². The zero-order valence-electron chi connectivity index (χ0n) is 13.0. The Bertz CT molecular complexity index is 377. The maximum Gasteiger partial charge on any atom is 0.227 e. The molecule has 1 fully saturated rings. The first-order valence-electron chi connectivity index (χ1n) is 7.28. The SMILES string of the molecule is CC(=O)CCC(=O)NC1CCN(C(=O)C(C)(C)C)CC1. The summed E-state index contributed by atoms with van der Waals surface area (Å²) in [5, 5.41) is 2.94. The van der Waals surface area contributed by atoms with Crippen molar-refractivity contribution in [2.75, 3.05) is 13.1 Å². The van der Waals surface area contributed by atoms with Crippen molar-refractivity contribution in [3.63, 3.8) is 0 Å². The fourth-order valence-corrected chi connectivity index (χ4v) is 2.29. The van der Waals surface area contributed by atoms with Gasteiger partial charge in [-0.3, -0.25) is 9.59 Å². The van der Waals surface area contributed by atoms with Crippen molar-refractivity contribution in [3.8, 4) is 0 Å². The fraction of sp³-hybridized carbons (Fsp3) is 0.800. The van der Waals surface area contributed by atoms with Crippen LogP contribution in [0.15, 0.2) is 0 Å². The Morgan fingerprint density at radius 3 is 2.10 bits per heavy atom. The van der Waals surface area contributed by atoms with Crippen LogP contribution >= 0.6 is 0 Å². The number of hydrogen-bond acceptors (Lipinski definition) is 3. The topological polar surface area (TPSA) is 66.5 Å².